The number of amides is 1. The van der Waals surface area contributed by atoms with Gasteiger partial charge in [-0.3, -0.25) is 14.9 Å². The van der Waals surface area contributed by atoms with Crippen molar-refractivity contribution < 1.29 is 14.1 Å². The average molecular weight is 294 g/mol. The van der Waals surface area contributed by atoms with E-state index in [-0.39, 0.29) is 11.5 Å². The van der Waals surface area contributed by atoms with Gasteiger partial charge >= 0.3 is 5.69 Å². The van der Waals surface area contributed by atoms with E-state index in [4.69, 9.17) is 0 Å². The van der Waals surface area contributed by atoms with Gasteiger partial charge in [0.2, 0.25) is 5.82 Å². The van der Waals surface area contributed by atoms with Crippen LogP contribution in [0.2, 0.25) is 0 Å². The zero-order valence-electron chi connectivity index (χ0n) is 12.0. The molecule has 0 spiro atoms. The summed E-state index contributed by atoms with van der Waals surface area (Å²) in [5, 5.41) is 10.6. The van der Waals surface area contributed by atoms with Crippen LogP contribution in [0.15, 0.2) is 18.2 Å². The maximum Gasteiger partial charge on any atom is 0.304 e. The predicted octanol–water partition coefficient (Wildman–Crippen LogP) is 3.39. The van der Waals surface area contributed by atoms with Crippen molar-refractivity contribution in [1.29, 1.82) is 0 Å². The third kappa shape index (κ3) is 3.77. The summed E-state index contributed by atoms with van der Waals surface area (Å²) in [6.07, 6.45) is 5.87. The molecule has 1 amide bonds. The van der Waals surface area contributed by atoms with Crippen LogP contribution < -0.4 is 0 Å². The van der Waals surface area contributed by atoms with Gasteiger partial charge in [-0.1, -0.05) is 19.3 Å². The van der Waals surface area contributed by atoms with Gasteiger partial charge in [0.15, 0.2) is 0 Å². The fraction of sp³-hybridized carbons (Fsp3) is 0.533. The van der Waals surface area contributed by atoms with Gasteiger partial charge in [0.25, 0.3) is 5.91 Å². The minimum Gasteiger partial charge on any atom is -0.341 e. The molecule has 1 fully saturated rings. The normalized spacial score (nSPS) is 15.7. The maximum absolute atomic E-state index is 13.6. The summed E-state index contributed by atoms with van der Waals surface area (Å²) < 4.78 is 13.6. The van der Waals surface area contributed by atoms with Gasteiger partial charge in [0.1, 0.15) is 0 Å². The molecule has 0 unspecified atom stereocenters. The Morgan fingerprint density at radius 3 is 2.62 bits per heavy atom. The van der Waals surface area contributed by atoms with E-state index in [0.717, 1.165) is 25.0 Å². The van der Waals surface area contributed by atoms with Crippen LogP contribution >= 0.6 is 0 Å². The molecule has 0 aromatic heterocycles. The third-order valence-electron chi connectivity index (χ3n) is 3.99. The molecule has 1 aliphatic carbocycles. The van der Waals surface area contributed by atoms with Crippen molar-refractivity contribution >= 4 is 11.6 Å². The third-order valence-corrected chi connectivity index (χ3v) is 3.99. The Morgan fingerprint density at radius 2 is 2.05 bits per heavy atom. The number of nitrogens with zero attached hydrogens (tertiary/aromatic N) is 2. The van der Waals surface area contributed by atoms with E-state index in [9.17, 15) is 19.3 Å². The van der Waals surface area contributed by atoms with E-state index >= 15 is 0 Å². The fourth-order valence-electron chi connectivity index (χ4n) is 2.85. The van der Waals surface area contributed by atoms with Crippen LogP contribution in [0.5, 0.6) is 0 Å². The largest absolute Gasteiger partial charge is 0.341 e. The molecule has 0 N–H and O–H groups in total. The number of hydrogen-bond acceptors (Lipinski definition) is 3. The number of hydrogen-bond donors (Lipinski definition) is 0. The van der Waals surface area contributed by atoms with Gasteiger partial charge in [-0.15, -0.1) is 0 Å². The molecule has 6 heteroatoms. The number of carbonyl (C=O) groups is 1. The summed E-state index contributed by atoms with van der Waals surface area (Å²) in [6, 6.07) is 3.29. The minimum atomic E-state index is -0.975. The monoisotopic (exact) mass is 294 g/mol. The van der Waals surface area contributed by atoms with E-state index in [1.807, 2.05) is 0 Å². The predicted molar refractivity (Wildman–Crippen MR) is 76.6 cm³/mol. The molecular weight excluding hydrogens is 275 g/mol. The first kappa shape index (κ1) is 15.4. The molecule has 0 bridgehead atoms. The molecule has 0 saturated heterocycles. The maximum atomic E-state index is 13.6. The second-order valence-electron chi connectivity index (χ2n) is 5.61. The van der Waals surface area contributed by atoms with Crippen molar-refractivity contribution in [2.24, 2.45) is 5.92 Å². The molecule has 1 aromatic carbocycles. The molecule has 21 heavy (non-hydrogen) atoms. The lowest BCUT2D eigenvalue weighted by Crippen LogP contribution is -2.32. The topological polar surface area (TPSA) is 63.5 Å². The molecule has 0 radical (unpaired) electrons. The Morgan fingerprint density at radius 1 is 1.38 bits per heavy atom. The highest BCUT2D eigenvalue weighted by atomic mass is 19.1. The molecule has 0 aliphatic heterocycles. The zero-order valence-corrected chi connectivity index (χ0v) is 12.0. The van der Waals surface area contributed by atoms with Gasteiger partial charge in [0, 0.05) is 25.2 Å². The molecular formula is C15H19FN2O3. The van der Waals surface area contributed by atoms with Gasteiger partial charge in [-0.2, -0.15) is 4.39 Å². The van der Waals surface area contributed by atoms with E-state index in [1.165, 1.54) is 25.3 Å². The van der Waals surface area contributed by atoms with Gasteiger partial charge in [0.05, 0.1) is 4.92 Å². The molecule has 2 rings (SSSR count). The van der Waals surface area contributed by atoms with Crippen molar-refractivity contribution in [2.75, 3.05) is 13.6 Å². The number of benzene rings is 1. The second-order valence-corrected chi connectivity index (χ2v) is 5.61. The number of rotatable bonds is 4. The van der Waals surface area contributed by atoms with E-state index in [0.29, 0.717) is 12.5 Å². The van der Waals surface area contributed by atoms with Crippen LogP contribution in [0, 0.1) is 21.8 Å². The van der Waals surface area contributed by atoms with Crippen LogP contribution in [-0.2, 0) is 0 Å². The van der Waals surface area contributed by atoms with Crippen LogP contribution in [-0.4, -0.2) is 29.3 Å². The quantitative estimate of drug-likeness (QED) is 0.631. The standard InChI is InChI=1S/C15H19FN2O3/c1-17(10-11-5-3-2-4-6-11)15(19)12-7-8-14(18(20)21)13(16)9-12/h7-9,11H,2-6,10H2,1H3. The first-order valence-corrected chi connectivity index (χ1v) is 7.18. The number of halogens is 1. The Balaban J connectivity index is 2.04. The van der Waals surface area contributed by atoms with Crippen molar-refractivity contribution in [2.45, 2.75) is 32.1 Å². The lowest BCUT2D eigenvalue weighted by atomic mass is 9.89. The first-order valence-electron chi connectivity index (χ1n) is 7.18. The first-order chi connectivity index (χ1) is 9.99. The van der Waals surface area contributed by atoms with Crippen molar-refractivity contribution in [3.05, 3.63) is 39.7 Å². The van der Waals surface area contributed by atoms with Crippen LogP contribution in [0.25, 0.3) is 0 Å². The van der Waals surface area contributed by atoms with E-state index in [1.54, 1.807) is 11.9 Å². The summed E-state index contributed by atoms with van der Waals surface area (Å²) >= 11 is 0. The smallest absolute Gasteiger partial charge is 0.304 e. The Labute approximate surface area is 122 Å². The summed E-state index contributed by atoms with van der Waals surface area (Å²) in [5.74, 6) is -0.776. The van der Waals surface area contributed by atoms with Crippen LogP contribution in [0.1, 0.15) is 42.5 Å². The zero-order chi connectivity index (χ0) is 15.4. The highest BCUT2D eigenvalue weighted by molar-refractivity contribution is 5.94. The molecule has 1 aromatic rings. The Hall–Kier alpha value is -1.98. The number of nitro benzene ring substituents is 1. The fourth-order valence-corrected chi connectivity index (χ4v) is 2.85. The van der Waals surface area contributed by atoms with Gasteiger partial charge < -0.3 is 4.90 Å². The second kappa shape index (κ2) is 6.65. The number of nitro groups is 1. The highest BCUT2D eigenvalue weighted by Gasteiger charge is 2.21. The van der Waals surface area contributed by atoms with Gasteiger partial charge in [-0.05, 0) is 30.9 Å². The van der Waals surface area contributed by atoms with E-state index in [2.05, 4.69) is 0 Å². The average Bonchev–Trinajstić information content (AvgIpc) is 2.47. The molecule has 114 valence electrons. The molecule has 0 atom stereocenters. The summed E-state index contributed by atoms with van der Waals surface area (Å²) in [4.78, 5) is 23.6. The Bertz CT molecular complexity index is 542. The molecule has 5 nitrogen and oxygen atoms in total. The molecule has 1 aliphatic rings. The van der Waals surface area contributed by atoms with Gasteiger partial charge in [-0.25, -0.2) is 0 Å². The van der Waals surface area contributed by atoms with Crippen molar-refractivity contribution in [3.63, 3.8) is 0 Å². The summed E-state index contributed by atoms with van der Waals surface area (Å²) in [5.41, 5.74) is -0.460. The lowest BCUT2D eigenvalue weighted by Gasteiger charge is -2.27. The summed E-state index contributed by atoms with van der Waals surface area (Å²) in [6.45, 7) is 0.650. The lowest BCUT2D eigenvalue weighted by molar-refractivity contribution is -0.387. The number of carbonyl (C=O) groups excluding carboxylic acids is 1. The van der Waals surface area contributed by atoms with Crippen molar-refractivity contribution in [3.8, 4) is 0 Å². The minimum absolute atomic E-state index is 0.149. The summed E-state index contributed by atoms with van der Waals surface area (Å²) in [7, 11) is 1.69. The van der Waals surface area contributed by atoms with Crippen LogP contribution in [0.4, 0.5) is 10.1 Å². The molecule has 1 saturated carbocycles. The SMILES string of the molecule is CN(CC1CCCCC1)C(=O)c1ccc([N+](=O)[O-])c(F)c1. The highest BCUT2D eigenvalue weighted by Crippen LogP contribution is 2.25. The Kier molecular flexibility index (Phi) is 4.88. The molecule has 0 heterocycles. The van der Waals surface area contributed by atoms with E-state index < -0.39 is 16.4 Å². The van der Waals surface area contributed by atoms with Crippen LogP contribution in [0.3, 0.4) is 0 Å². The van der Waals surface area contributed by atoms with Crippen molar-refractivity contribution in [1.82, 2.24) is 4.90 Å².